The van der Waals surface area contributed by atoms with Gasteiger partial charge in [0.15, 0.2) is 0 Å². The third kappa shape index (κ3) is 2.90. The quantitative estimate of drug-likeness (QED) is 0.757. The fourth-order valence-electron chi connectivity index (χ4n) is 1.10. The molecule has 1 amide bonds. The summed E-state index contributed by atoms with van der Waals surface area (Å²) in [7, 11) is 0. The Balaban J connectivity index is 2.31. The average Bonchev–Trinajstić information content (AvgIpc) is 2.79. The van der Waals surface area contributed by atoms with E-state index in [9.17, 15) is 4.79 Å². The van der Waals surface area contributed by atoms with Gasteiger partial charge in [-0.3, -0.25) is 4.79 Å². The zero-order chi connectivity index (χ0) is 10.1. The zero-order valence-electron chi connectivity index (χ0n) is 8.94. The first-order chi connectivity index (χ1) is 5.90. The lowest BCUT2D eigenvalue weighted by Crippen LogP contribution is -2.39. The van der Waals surface area contributed by atoms with Crippen molar-refractivity contribution >= 4 is 17.7 Å². The number of carbonyl (C=O) groups is 1. The van der Waals surface area contributed by atoms with Gasteiger partial charge < -0.3 is 5.32 Å². The molecule has 0 atom stereocenters. The minimum absolute atomic E-state index is 0.160. The standard InChI is InChI=1S/C10H19NOS/c1-9(2,3)8(12)11-7-10(13-4)5-6-10/h5-7H2,1-4H3,(H,11,12). The van der Waals surface area contributed by atoms with Gasteiger partial charge in [-0.15, -0.1) is 0 Å². The maximum atomic E-state index is 11.5. The average molecular weight is 201 g/mol. The van der Waals surface area contributed by atoms with Gasteiger partial charge in [-0.25, -0.2) is 0 Å². The molecule has 0 aromatic heterocycles. The molecule has 1 aliphatic carbocycles. The van der Waals surface area contributed by atoms with Crippen LogP contribution >= 0.6 is 11.8 Å². The van der Waals surface area contributed by atoms with Crippen LogP contribution in [0.2, 0.25) is 0 Å². The predicted molar refractivity (Wildman–Crippen MR) is 57.9 cm³/mol. The van der Waals surface area contributed by atoms with E-state index in [1.807, 2.05) is 32.5 Å². The van der Waals surface area contributed by atoms with Crippen molar-refractivity contribution in [2.24, 2.45) is 5.41 Å². The van der Waals surface area contributed by atoms with Crippen LogP contribution in [0.4, 0.5) is 0 Å². The Labute approximate surface area is 84.9 Å². The molecule has 0 aromatic carbocycles. The summed E-state index contributed by atoms with van der Waals surface area (Å²) in [5, 5.41) is 3.02. The predicted octanol–water partition coefficient (Wildman–Crippen LogP) is 2.04. The maximum absolute atomic E-state index is 11.5. The molecule has 1 fully saturated rings. The van der Waals surface area contributed by atoms with Gasteiger partial charge in [-0.05, 0) is 19.1 Å². The van der Waals surface area contributed by atoms with Gasteiger partial charge in [-0.1, -0.05) is 20.8 Å². The third-order valence-electron chi connectivity index (χ3n) is 2.49. The van der Waals surface area contributed by atoms with Gasteiger partial charge >= 0.3 is 0 Å². The molecule has 0 aliphatic heterocycles. The molecule has 0 spiro atoms. The Morgan fingerprint density at radius 1 is 1.46 bits per heavy atom. The van der Waals surface area contributed by atoms with E-state index in [0.29, 0.717) is 4.75 Å². The van der Waals surface area contributed by atoms with E-state index in [-0.39, 0.29) is 11.3 Å². The molecule has 13 heavy (non-hydrogen) atoms. The molecule has 1 aliphatic rings. The molecule has 0 radical (unpaired) electrons. The Kier molecular flexibility index (Phi) is 2.95. The number of amides is 1. The molecule has 0 bridgehead atoms. The molecule has 0 heterocycles. The molecule has 1 N–H and O–H groups in total. The van der Waals surface area contributed by atoms with Crippen molar-refractivity contribution < 1.29 is 4.79 Å². The summed E-state index contributed by atoms with van der Waals surface area (Å²) >= 11 is 1.88. The fraction of sp³-hybridized carbons (Fsp3) is 0.900. The number of carbonyl (C=O) groups excluding carboxylic acids is 1. The summed E-state index contributed by atoms with van der Waals surface area (Å²) in [5.41, 5.74) is -0.255. The summed E-state index contributed by atoms with van der Waals surface area (Å²) in [5.74, 6) is 0.160. The van der Waals surface area contributed by atoms with Crippen molar-refractivity contribution in [2.45, 2.75) is 38.4 Å². The highest BCUT2D eigenvalue weighted by Gasteiger charge is 2.42. The highest BCUT2D eigenvalue weighted by atomic mass is 32.2. The van der Waals surface area contributed by atoms with Gasteiger partial charge in [0, 0.05) is 16.7 Å². The van der Waals surface area contributed by atoms with E-state index in [1.54, 1.807) is 0 Å². The van der Waals surface area contributed by atoms with Crippen LogP contribution in [0.25, 0.3) is 0 Å². The smallest absolute Gasteiger partial charge is 0.225 e. The highest BCUT2D eigenvalue weighted by Crippen LogP contribution is 2.46. The topological polar surface area (TPSA) is 29.1 Å². The first kappa shape index (κ1) is 10.9. The van der Waals surface area contributed by atoms with Gasteiger partial charge in [0.05, 0.1) is 0 Å². The van der Waals surface area contributed by atoms with Crippen LogP contribution in [0, 0.1) is 5.41 Å². The van der Waals surface area contributed by atoms with Gasteiger partial charge in [0.2, 0.25) is 5.91 Å². The van der Waals surface area contributed by atoms with E-state index >= 15 is 0 Å². The Morgan fingerprint density at radius 3 is 2.31 bits per heavy atom. The minimum Gasteiger partial charge on any atom is -0.354 e. The van der Waals surface area contributed by atoms with Crippen LogP contribution in [-0.2, 0) is 4.79 Å². The third-order valence-corrected chi connectivity index (χ3v) is 3.91. The normalized spacial score (nSPS) is 19.7. The number of thioether (sulfide) groups is 1. The van der Waals surface area contributed by atoms with E-state index in [2.05, 4.69) is 11.6 Å². The number of nitrogens with one attached hydrogen (secondary N) is 1. The van der Waals surface area contributed by atoms with Gasteiger partial charge in [0.1, 0.15) is 0 Å². The lowest BCUT2D eigenvalue weighted by Gasteiger charge is -2.20. The minimum atomic E-state index is -0.255. The summed E-state index contributed by atoms with van der Waals surface area (Å²) in [6.45, 7) is 6.67. The van der Waals surface area contributed by atoms with Crippen molar-refractivity contribution in [1.29, 1.82) is 0 Å². The summed E-state index contributed by atoms with van der Waals surface area (Å²) in [6, 6.07) is 0. The number of rotatable bonds is 3. The molecule has 0 unspecified atom stereocenters. The summed E-state index contributed by atoms with van der Waals surface area (Å²) in [4.78, 5) is 11.5. The molecule has 0 saturated heterocycles. The second-order valence-corrected chi connectivity index (χ2v) is 6.09. The zero-order valence-corrected chi connectivity index (χ0v) is 9.75. The maximum Gasteiger partial charge on any atom is 0.225 e. The molecule has 1 saturated carbocycles. The van der Waals surface area contributed by atoms with Crippen molar-refractivity contribution in [3.8, 4) is 0 Å². The van der Waals surface area contributed by atoms with Crippen LogP contribution < -0.4 is 5.32 Å². The van der Waals surface area contributed by atoms with Crippen LogP contribution in [0.1, 0.15) is 33.6 Å². The monoisotopic (exact) mass is 201 g/mol. The van der Waals surface area contributed by atoms with Crippen LogP contribution in [-0.4, -0.2) is 23.5 Å². The molecule has 2 nitrogen and oxygen atoms in total. The lowest BCUT2D eigenvalue weighted by molar-refractivity contribution is -0.128. The highest BCUT2D eigenvalue weighted by molar-refractivity contribution is 8.00. The van der Waals surface area contributed by atoms with E-state index in [4.69, 9.17) is 0 Å². The molecule has 1 rings (SSSR count). The molecular formula is C10H19NOS. The Bertz CT molecular complexity index is 203. The lowest BCUT2D eigenvalue weighted by atomic mass is 9.96. The summed E-state index contributed by atoms with van der Waals surface area (Å²) < 4.78 is 0.376. The second kappa shape index (κ2) is 3.52. The summed E-state index contributed by atoms with van der Waals surface area (Å²) in [6.07, 6.45) is 4.62. The molecule has 3 heteroatoms. The number of hydrogen-bond acceptors (Lipinski definition) is 2. The first-order valence-corrected chi connectivity index (χ1v) is 5.96. The largest absolute Gasteiger partial charge is 0.354 e. The first-order valence-electron chi connectivity index (χ1n) is 4.73. The van der Waals surface area contributed by atoms with Gasteiger partial charge in [0.25, 0.3) is 0 Å². The second-order valence-electron chi connectivity index (χ2n) is 4.82. The van der Waals surface area contributed by atoms with E-state index < -0.39 is 0 Å². The van der Waals surface area contributed by atoms with Crippen molar-refractivity contribution in [3.05, 3.63) is 0 Å². The van der Waals surface area contributed by atoms with Crippen molar-refractivity contribution in [2.75, 3.05) is 12.8 Å². The van der Waals surface area contributed by atoms with Crippen molar-refractivity contribution in [1.82, 2.24) is 5.32 Å². The number of hydrogen-bond donors (Lipinski definition) is 1. The molecule has 0 aromatic rings. The van der Waals surface area contributed by atoms with Crippen LogP contribution in [0.5, 0.6) is 0 Å². The molecule has 76 valence electrons. The Hall–Kier alpha value is -0.180. The SMILES string of the molecule is CSC1(CNC(=O)C(C)(C)C)CC1. The van der Waals surface area contributed by atoms with Crippen LogP contribution in [0.15, 0.2) is 0 Å². The van der Waals surface area contributed by atoms with Gasteiger partial charge in [-0.2, -0.15) is 11.8 Å². The van der Waals surface area contributed by atoms with E-state index in [1.165, 1.54) is 12.8 Å². The van der Waals surface area contributed by atoms with Crippen LogP contribution in [0.3, 0.4) is 0 Å². The fourth-order valence-corrected chi connectivity index (χ4v) is 1.83. The van der Waals surface area contributed by atoms with E-state index in [0.717, 1.165) is 6.54 Å². The molecular weight excluding hydrogens is 182 g/mol. The Morgan fingerprint density at radius 2 is 2.00 bits per heavy atom. The van der Waals surface area contributed by atoms with Crippen molar-refractivity contribution in [3.63, 3.8) is 0 Å².